The molecule has 1 unspecified atom stereocenters. The second kappa shape index (κ2) is 13.0. The molecule has 10 heteroatoms. The van der Waals surface area contributed by atoms with Gasteiger partial charge in [-0.25, -0.2) is 18.2 Å². The number of likely N-dealkylation sites (tertiary alicyclic amines) is 1. The topological polar surface area (TPSA) is 83.9 Å². The van der Waals surface area contributed by atoms with Crippen molar-refractivity contribution in [3.05, 3.63) is 52.5 Å². The van der Waals surface area contributed by atoms with Crippen molar-refractivity contribution >= 4 is 11.8 Å². The molecule has 2 atom stereocenters. The Hall–Kier alpha value is -2.85. The third kappa shape index (κ3) is 7.15. The number of hydrogen-bond acceptors (Lipinski definition) is 6. The maximum absolute atomic E-state index is 14.3. The van der Waals surface area contributed by atoms with Crippen molar-refractivity contribution in [2.45, 2.75) is 88.2 Å². The molecule has 0 radical (unpaired) electrons. The highest BCUT2D eigenvalue weighted by Gasteiger charge is 2.39. The summed E-state index contributed by atoms with van der Waals surface area (Å²) in [6.07, 6.45) is 5.19. The quantitative estimate of drug-likeness (QED) is 0.313. The van der Waals surface area contributed by atoms with E-state index in [9.17, 15) is 23.1 Å². The average molecular weight is 576 g/mol. The van der Waals surface area contributed by atoms with Crippen LogP contribution in [-0.2, 0) is 22.4 Å². The van der Waals surface area contributed by atoms with E-state index in [2.05, 4.69) is 5.32 Å². The lowest BCUT2D eigenvalue weighted by Crippen LogP contribution is -2.35. The number of anilines is 1. The van der Waals surface area contributed by atoms with E-state index in [1.165, 1.54) is 12.1 Å². The van der Waals surface area contributed by atoms with Gasteiger partial charge in [0, 0.05) is 56.4 Å². The lowest BCUT2D eigenvalue weighted by Gasteiger charge is -2.32. The van der Waals surface area contributed by atoms with Crippen molar-refractivity contribution in [3.63, 3.8) is 0 Å². The maximum Gasteiger partial charge on any atom is 0.325 e. The molecule has 2 aliphatic heterocycles. The molecule has 0 amide bonds. The van der Waals surface area contributed by atoms with Crippen LogP contribution in [0.25, 0.3) is 0 Å². The van der Waals surface area contributed by atoms with E-state index in [0.717, 1.165) is 61.5 Å². The predicted octanol–water partition coefficient (Wildman–Crippen LogP) is 6.12. The van der Waals surface area contributed by atoms with Crippen LogP contribution in [0.5, 0.6) is 5.75 Å². The summed E-state index contributed by atoms with van der Waals surface area (Å²) >= 11 is 0. The van der Waals surface area contributed by atoms with E-state index in [0.29, 0.717) is 37.2 Å². The number of fused-ring (bicyclic) bond motifs is 1. The second-order valence-electron chi connectivity index (χ2n) is 11.6. The number of carboxylic acids is 1. The number of carbonyl (C=O) groups is 1. The number of benzene rings is 1. The van der Waals surface area contributed by atoms with Crippen LogP contribution in [0.2, 0.25) is 0 Å². The van der Waals surface area contributed by atoms with Gasteiger partial charge in [-0.1, -0.05) is 6.07 Å². The molecule has 1 aromatic heterocycles. The molecule has 0 spiro atoms. The fraction of sp³-hybridized carbons (Fsp3) is 0.613. The van der Waals surface area contributed by atoms with Gasteiger partial charge in [0.05, 0.1) is 13.2 Å². The third-order valence-corrected chi connectivity index (χ3v) is 8.71. The number of nitrogens with zero attached hydrogens (tertiary/aromatic N) is 2. The molecule has 41 heavy (non-hydrogen) atoms. The van der Waals surface area contributed by atoms with Gasteiger partial charge in [0.15, 0.2) is 0 Å². The van der Waals surface area contributed by atoms with Crippen molar-refractivity contribution in [1.29, 1.82) is 0 Å². The van der Waals surface area contributed by atoms with Gasteiger partial charge in [-0.3, -0.25) is 9.69 Å². The highest BCUT2D eigenvalue weighted by molar-refractivity contribution is 5.76. The number of pyridine rings is 1. The molecular formula is C31H40F3N3O4. The summed E-state index contributed by atoms with van der Waals surface area (Å²) in [5.41, 5.74) is 3.16. The molecule has 3 aliphatic rings. The van der Waals surface area contributed by atoms with Crippen LogP contribution >= 0.6 is 0 Å². The molecule has 1 aliphatic carbocycles. The van der Waals surface area contributed by atoms with Gasteiger partial charge in [0.1, 0.15) is 23.4 Å². The molecular weight excluding hydrogens is 535 g/mol. The van der Waals surface area contributed by atoms with Crippen LogP contribution in [0, 0.1) is 5.82 Å². The van der Waals surface area contributed by atoms with Crippen molar-refractivity contribution < 1.29 is 32.5 Å². The Labute approximate surface area is 239 Å². The molecule has 7 nitrogen and oxygen atoms in total. The zero-order valence-electron chi connectivity index (χ0n) is 23.6. The van der Waals surface area contributed by atoms with Crippen molar-refractivity contribution in [3.8, 4) is 5.75 Å². The number of ether oxygens (including phenoxy) is 2. The minimum atomic E-state index is -2.69. The molecule has 2 N–H and O–H groups in total. The first-order valence-electron chi connectivity index (χ1n) is 14.8. The van der Waals surface area contributed by atoms with Crippen LogP contribution in [0.15, 0.2) is 24.3 Å². The largest absolute Gasteiger partial charge is 0.496 e. The molecule has 2 fully saturated rings. The average Bonchev–Trinajstić information content (AvgIpc) is 3.41. The first kappa shape index (κ1) is 29.6. The monoisotopic (exact) mass is 575 g/mol. The Morgan fingerprint density at radius 3 is 2.78 bits per heavy atom. The van der Waals surface area contributed by atoms with Crippen molar-refractivity contribution in [1.82, 2.24) is 9.88 Å². The van der Waals surface area contributed by atoms with Gasteiger partial charge in [-0.2, -0.15) is 0 Å². The predicted molar refractivity (Wildman–Crippen MR) is 149 cm³/mol. The highest BCUT2D eigenvalue weighted by Crippen LogP contribution is 2.43. The fourth-order valence-corrected chi connectivity index (χ4v) is 6.54. The summed E-state index contributed by atoms with van der Waals surface area (Å²) in [5.74, 6) is -2.68. The van der Waals surface area contributed by atoms with Gasteiger partial charge in [-0.15, -0.1) is 0 Å². The molecule has 224 valence electrons. The minimum Gasteiger partial charge on any atom is -0.496 e. The normalized spacial score (nSPS) is 21.7. The number of halogens is 3. The molecule has 3 heterocycles. The minimum absolute atomic E-state index is 0.117. The molecule has 2 aromatic rings. The van der Waals surface area contributed by atoms with E-state index in [4.69, 9.17) is 14.5 Å². The summed E-state index contributed by atoms with van der Waals surface area (Å²) in [6, 6.07) is 5.13. The number of rotatable bonds is 11. The number of nitrogens with one attached hydrogen (secondary N) is 1. The number of aromatic nitrogens is 1. The summed E-state index contributed by atoms with van der Waals surface area (Å²) in [7, 11) is 1.69. The van der Waals surface area contributed by atoms with Crippen LogP contribution in [0.3, 0.4) is 0 Å². The zero-order valence-corrected chi connectivity index (χ0v) is 23.6. The van der Waals surface area contributed by atoms with E-state index >= 15 is 0 Å². The summed E-state index contributed by atoms with van der Waals surface area (Å²) in [5, 5.41) is 13.6. The number of unbranched alkanes of at least 4 members (excludes halogenated alkanes) is 1. The van der Waals surface area contributed by atoms with Crippen LogP contribution in [0.1, 0.15) is 85.7 Å². The van der Waals surface area contributed by atoms with Crippen LogP contribution in [0.4, 0.5) is 19.0 Å². The Kier molecular flexibility index (Phi) is 9.38. The number of aryl methyl sites for hydroxylation is 1. The number of aliphatic carboxylic acids is 1. The SMILES string of the molecule is COc1cc(CCCCO[C@@H]2CCN(C(C(=O)O)c3cc(F)ccc3C3CCC(F)(F)CC3)C2)nc2c1CCCN2. The summed E-state index contributed by atoms with van der Waals surface area (Å²) in [6.45, 7) is 2.40. The smallest absolute Gasteiger partial charge is 0.325 e. The Bertz CT molecular complexity index is 1200. The first-order chi connectivity index (χ1) is 19.7. The second-order valence-corrected chi connectivity index (χ2v) is 11.6. The van der Waals surface area contributed by atoms with Crippen molar-refractivity contribution in [2.75, 3.05) is 38.7 Å². The van der Waals surface area contributed by atoms with Gasteiger partial charge in [0.2, 0.25) is 5.92 Å². The number of alkyl halides is 2. The standard InChI is InChI=1S/C31H40F3N3O4/c1-40-27-18-22(36-29-25(27)6-4-14-35-29)5-2-3-16-41-23-11-15-37(19-23)28(30(38)39)26-17-21(32)7-8-24(26)20-9-12-31(33,34)13-10-20/h7-8,17-18,20,23,28H,2-6,9-16,19H2,1H3,(H,35,36)(H,38,39)/t23-,28?/m1/s1. The highest BCUT2D eigenvalue weighted by atomic mass is 19.3. The Balaban J connectivity index is 1.15. The molecule has 5 rings (SSSR count). The molecule has 1 saturated heterocycles. The maximum atomic E-state index is 14.3. The van der Waals surface area contributed by atoms with Gasteiger partial charge in [0.25, 0.3) is 0 Å². The Morgan fingerprint density at radius 2 is 2.02 bits per heavy atom. The third-order valence-electron chi connectivity index (χ3n) is 8.71. The van der Waals surface area contributed by atoms with Crippen molar-refractivity contribution in [2.24, 2.45) is 0 Å². The van der Waals surface area contributed by atoms with Crippen LogP contribution < -0.4 is 10.1 Å². The summed E-state index contributed by atoms with van der Waals surface area (Å²) in [4.78, 5) is 19.1. The lowest BCUT2D eigenvalue weighted by atomic mass is 9.79. The molecule has 1 aromatic carbocycles. The number of methoxy groups -OCH3 is 1. The van der Waals surface area contributed by atoms with E-state index in [1.807, 2.05) is 11.0 Å². The molecule has 1 saturated carbocycles. The first-order valence-corrected chi connectivity index (χ1v) is 14.8. The molecule has 0 bridgehead atoms. The van der Waals surface area contributed by atoms with Crippen LogP contribution in [-0.4, -0.2) is 66.3 Å². The lowest BCUT2D eigenvalue weighted by molar-refractivity contribution is -0.143. The number of hydrogen-bond donors (Lipinski definition) is 2. The zero-order chi connectivity index (χ0) is 29.0. The van der Waals surface area contributed by atoms with E-state index < -0.39 is 23.8 Å². The van der Waals surface area contributed by atoms with Gasteiger partial charge < -0.3 is 19.9 Å². The number of carboxylic acid groups (broad SMARTS) is 1. The summed E-state index contributed by atoms with van der Waals surface area (Å²) < 4.78 is 53.6. The fourth-order valence-electron chi connectivity index (χ4n) is 6.54. The van der Waals surface area contributed by atoms with Gasteiger partial charge >= 0.3 is 5.97 Å². The Morgan fingerprint density at radius 1 is 1.22 bits per heavy atom. The van der Waals surface area contributed by atoms with Gasteiger partial charge in [-0.05, 0) is 80.5 Å². The van der Waals surface area contributed by atoms with E-state index in [1.54, 1.807) is 13.2 Å². The van der Waals surface area contributed by atoms with E-state index in [-0.39, 0.29) is 37.7 Å².